The lowest BCUT2D eigenvalue weighted by molar-refractivity contribution is -0.146. The summed E-state index contributed by atoms with van der Waals surface area (Å²) in [6.45, 7) is 6.56. The summed E-state index contributed by atoms with van der Waals surface area (Å²) < 4.78 is 4.72. The van der Waals surface area contributed by atoms with E-state index in [0.717, 1.165) is 12.2 Å². The van der Waals surface area contributed by atoms with Gasteiger partial charge in [0.25, 0.3) is 0 Å². The Hall–Kier alpha value is -0.750. The molecule has 5 nitrogen and oxygen atoms in total. The van der Waals surface area contributed by atoms with Gasteiger partial charge in [0.1, 0.15) is 6.04 Å². The molecule has 6 heteroatoms. The zero-order chi connectivity index (χ0) is 14.8. The topological polar surface area (TPSA) is 81.4 Å². The van der Waals surface area contributed by atoms with Gasteiger partial charge in [-0.25, -0.2) is 4.79 Å². The van der Waals surface area contributed by atoms with Gasteiger partial charge in [-0.3, -0.25) is 4.79 Å². The molecule has 0 aliphatic carbocycles. The predicted octanol–water partition coefficient (Wildman–Crippen LogP) is 1.02. The van der Waals surface area contributed by atoms with Gasteiger partial charge in [0, 0.05) is 0 Å². The van der Waals surface area contributed by atoms with E-state index in [0.29, 0.717) is 18.2 Å². The molecule has 0 bridgehead atoms. The molecule has 0 heterocycles. The summed E-state index contributed by atoms with van der Waals surface area (Å²) in [5.74, 6) is 1.12. The number of methoxy groups -OCH3 is 1. The summed E-state index contributed by atoms with van der Waals surface area (Å²) in [7, 11) is 1.33. The van der Waals surface area contributed by atoms with Crippen LogP contribution in [0.25, 0.3) is 0 Å². The fraction of sp³-hybridized carbons (Fsp3) is 0.846. The Morgan fingerprint density at radius 1 is 1.37 bits per heavy atom. The van der Waals surface area contributed by atoms with Crippen molar-refractivity contribution in [1.82, 2.24) is 5.32 Å². The van der Waals surface area contributed by atoms with Crippen LogP contribution in [-0.4, -0.2) is 43.1 Å². The summed E-state index contributed by atoms with van der Waals surface area (Å²) in [5, 5.41) is 2.74. The third-order valence-corrected chi connectivity index (χ3v) is 4.29. The standard InChI is InChI=1S/C13H26N2O3S/c1-5-10(3)12(13(17)18-4)15-11(16)8-19-7-9(2)6-14/h9-10,12H,5-8,14H2,1-4H3,(H,15,16). The van der Waals surface area contributed by atoms with E-state index in [9.17, 15) is 9.59 Å². The van der Waals surface area contributed by atoms with Crippen molar-refractivity contribution in [3.8, 4) is 0 Å². The number of nitrogens with two attached hydrogens (primary N) is 1. The number of ether oxygens (including phenoxy) is 1. The minimum absolute atomic E-state index is 0.0596. The number of rotatable bonds is 9. The number of carbonyl (C=O) groups excluding carboxylic acids is 2. The number of carbonyl (C=O) groups is 2. The van der Waals surface area contributed by atoms with Crippen LogP contribution in [0.5, 0.6) is 0 Å². The average Bonchev–Trinajstić information content (AvgIpc) is 2.42. The molecule has 19 heavy (non-hydrogen) atoms. The van der Waals surface area contributed by atoms with Crippen LogP contribution in [0.15, 0.2) is 0 Å². The van der Waals surface area contributed by atoms with Gasteiger partial charge in [-0.15, -0.1) is 0 Å². The van der Waals surface area contributed by atoms with Crippen LogP contribution in [0.4, 0.5) is 0 Å². The molecule has 0 aliphatic rings. The highest BCUT2D eigenvalue weighted by molar-refractivity contribution is 7.99. The monoisotopic (exact) mass is 290 g/mol. The minimum Gasteiger partial charge on any atom is -0.467 e. The predicted molar refractivity (Wildman–Crippen MR) is 78.9 cm³/mol. The van der Waals surface area contributed by atoms with E-state index in [4.69, 9.17) is 10.5 Å². The summed E-state index contributed by atoms with van der Waals surface area (Å²) in [6.07, 6.45) is 0.803. The Kier molecular flexibility index (Phi) is 9.69. The van der Waals surface area contributed by atoms with Crippen molar-refractivity contribution in [3.63, 3.8) is 0 Å². The van der Waals surface area contributed by atoms with Crippen molar-refractivity contribution in [2.75, 3.05) is 25.2 Å². The summed E-state index contributed by atoms with van der Waals surface area (Å²) in [5.41, 5.74) is 5.51. The molecule has 0 saturated carbocycles. The van der Waals surface area contributed by atoms with Crippen LogP contribution in [-0.2, 0) is 14.3 Å². The molecule has 0 spiro atoms. The largest absolute Gasteiger partial charge is 0.467 e. The van der Waals surface area contributed by atoms with Gasteiger partial charge in [-0.1, -0.05) is 27.2 Å². The van der Waals surface area contributed by atoms with Crippen molar-refractivity contribution in [3.05, 3.63) is 0 Å². The first kappa shape index (κ1) is 18.2. The second-order valence-corrected chi connectivity index (χ2v) is 5.84. The van der Waals surface area contributed by atoms with E-state index in [1.165, 1.54) is 18.9 Å². The summed E-state index contributed by atoms with van der Waals surface area (Å²) in [4.78, 5) is 23.4. The lowest BCUT2D eigenvalue weighted by Gasteiger charge is -2.21. The van der Waals surface area contributed by atoms with Crippen LogP contribution in [0.2, 0.25) is 0 Å². The molecule has 0 rings (SSSR count). The smallest absolute Gasteiger partial charge is 0.328 e. The maximum atomic E-state index is 11.8. The number of amides is 1. The Morgan fingerprint density at radius 3 is 2.47 bits per heavy atom. The van der Waals surface area contributed by atoms with Crippen LogP contribution >= 0.6 is 11.8 Å². The Bertz CT molecular complexity index is 287. The van der Waals surface area contributed by atoms with Crippen molar-refractivity contribution in [2.24, 2.45) is 17.6 Å². The fourth-order valence-corrected chi connectivity index (χ4v) is 2.36. The maximum Gasteiger partial charge on any atom is 0.328 e. The summed E-state index contributed by atoms with van der Waals surface area (Å²) in [6, 6.07) is -0.560. The van der Waals surface area contributed by atoms with Crippen molar-refractivity contribution >= 4 is 23.6 Å². The lowest BCUT2D eigenvalue weighted by atomic mass is 9.99. The van der Waals surface area contributed by atoms with Gasteiger partial charge < -0.3 is 15.8 Å². The van der Waals surface area contributed by atoms with Crippen molar-refractivity contribution in [1.29, 1.82) is 0 Å². The van der Waals surface area contributed by atoms with E-state index < -0.39 is 6.04 Å². The van der Waals surface area contributed by atoms with Gasteiger partial charge in [0.15, 0.2) is 0 Å². The minimum atomic E-state index is -0.560. The molecule has 0 aromatic rings. The molecule has 0 fully saturated rings. The molecule has 1 amide bonds. The second kappa shape index (κ2) is 10.1. The fourth-order valence-electron chi connectivity index (χ4n) is 1.43. The molecule has 3 unspecified atom stereocenters. The third-order valence-electron chi connectivity index (χ3n) is 3.02. The van der Waals surface area contributed by atoms with Crippen molar-refractivity contribution < 1.29 is 14.3 Å². The van der Waals surface area contributed by atoms with Crippen LogP contribution in [0, 0.1) is 11.8 Å². The van der Waals surface area contributed by atoms with Gasteiger partial charge in [-0.2, -0.15) is 11.8 Å². The first-order valence-corrected chi connectivity index (χ1v) is 7.76. The van der Waals surface area contributed by atoms with Gasteiger partial charge in [-0.05, 0) is 24.1 Å². The van der Waals surface area contributed by atoms with E-state index in [1.807, 2.05) is 20.8 Å². The van der Waals surface area contributed by atoms with Gasteiger partial charge in [0.2, 0.25) is 5.91 Å². The van der Waals surface area contributed by atoms with E-state index in [2.05, 4.69) is 5.32 Å². The van der Waals surface area contributed by atoms with Crippen molar-refractivity contribution in [2.45, 2.75) is 33.2 Å². The highest BCUT2D eigenvalue weighted by Gasteiger charge is 2.26. The summed E-state index contributed by atoms with van der Waals surface area (Å²) >= 11 is 1.53. The maximum absolute atomic E-state index is 11.8. The lowest BCUT2D eigenvalue weighted by Crippen LogP contribution is -2.46. The van der Waals surface area contributed by atoms with Crippen LogP contribution < -0.4 is 11.1 Å². The van der Waals surface area contributed by atoms with Gasteiger partial charge in [0.05, 0.1) is 12.9 Å². The first-order chi connectivity index (χ1) is 8.96. The quantitative estimate of drug-likeness (QED) is 0.620. The highest BCUT2D eigenvalue weighted by Crippen LogP contribution is 2.11. The molecule has 0 radical (unpaired) electrons. The number of hydrogen-bond acceptors (Lipinski definition) is 5. The Labute approximate surface area is 120 Å². The van der Waals surface area contributed by atoms with E-state index in [1.54, 1.807) is 0 Å². The molecule has 3 atom stereocenters. The molecular formula is C13H26N2O3S. The van der Waals surface area contributed by atoms with E-state index >= 15 is 0 Å². The molecule has 0 aromatic heterocycles. The SMILES string of the molecule is CCC(C)C(NC(=O)CSCC(C)CN)C(=O)OC. The zero-order valence-corrected chi connectivity index (χ0v) is 13.1. The number of esters is 1. The van der Waals surface area contributed by atoms with E-state index in [-0.39, 0.29) is 17.8 Å². The van der Waals surface area contributed by atoms with Crippen LogP contribution in [0.1, 0.15) is 27.2 Å². The molecule has 3 N–H and O–H groups in total. The molecule has 112 valence electrons. The molecular weight excluding hydrogens is 264 g/mol. The normalized spacial score (nSPS) is 15.4. The molecule has 0 aromatic carbocycles. The Balaban J connectivity index is 4.20. The second-order valence-electron chi connectivity index (χ2n) is 4.81. The first-order valence-electron chi connectivity index (χ1n) is 6.61. The van der Waals surface area contributed by atoms with Crippen LogP contribution in [0.3, 0.4) is 0 Å². The number of nitrogens with one attached hydrogen (secondary N) is 1. The molecule has 0 aliphatic heterocycles. The highest BCUT2D eigenvalue weighted by atomic mass is 32.2. The number of hydrogen-bond donors (Lipinski definition) is 2. The van der Waals surface area contributed by atoms with Gasteiger partial charge >= 0.3 is 5.97 Å². The zero-order valence-electron chi connectivity index (χ0n) is 12.3. The average molecular weight is 290 g/mol. The number of thioether (sulfide) groups is 1. The third kappa shape index (κ3) is 7.42. The Morgan fingerprint density at radius 2 is 2.00 bits per heavy atom. The molecule has 0 saturated heterocycles.